The number of hydrogen-bond acceptors (Lipinski definition) is 7. The molecule has 0 spiro atoms. The Kier molecular flexibility index (Phi) is 3.34. The Morgan fingerprint density at radius 2 is 2.08 bits per heavy atom. The number of aliphatic hydroxyl groups is 1. The van der Waals surface area contributed by atoms with Crippen molar-refractivity contribution in [3.05, 3.63) is 32.7 Å². The van der Waals surface area contributed by atoms with E-state index >= 15 is 0 Å². The lowest BCUT2D eigenvalue weighted by Crippen LogP contribution is -2.44. The summed E-state index contributed by atoms with van der Waals surface area (Å²) in [5, 5.41) is 9.75. The molecule has 0 aromatic carbocycles. The Labute approximate surface area is 137 Å². The van der Waals surface area contributed by atoms with Crippen LogP contribution < -0.4 is 22.0 Å². The summed E-state index contributed by atoms with van der Waals surface area (Å²) in [4.78, 5) is 35.3. The minimum Gasteiger partial charge on any atom is -0.393 e. The van der Waals surface area contributed by atoms with Gasteiger partial charge >= 0.3 is 5.69 Å². The van der Waals surface area contributed by atoms with Gasteiger partial charge in [-0.05, 0) is 32.1 Å². The average molecular weight is 332 g/mol. The van der Waals surface area contributed by atoms with Gasteiger partial charge in [-0.3, -0.25) is 4.79 Å². The van der Waals surface area contributed by atoms with Crippen LogP contribution in [0.25, 0.3) is 5.65 Å². The third-order valence-corrected chi connectivity index (χ3v) is 5.00. The zero-order chi connectivity index (χ0) is 17.0. The topological polar surface area (TPSA) is 119 Å². The number of aromatic nitrogens is 4. The van der Waals surface area contributed by atoms with Crippen LogP contribution in [0.1, 0.15) is 37.7 Å². The van der Waals surface area contributed by atoms with E-state index in [4.69, 9.17) is 5.84 Å². The Morgan fingerprint density at radius 1 is 1.33 bits per heavy atom. The van der Waals surface area contributed by atoms with Crippen LogP contribution in [-0.2, 0) is 0 Å². The number of fused-ring (bicyclic) bond motifs is 1. The lowest BCUT2D eigenvalue weighted by atomic mass is 10.0. The second-order valence-electron chi connectivity index (χ2n) is 6.73. The van der Waals surface area contributed by atoms with E-state index in [0.29, 0.717) is 28.4 Å². The second-order valence-corrected chi connectivity index (χ2v) is 6.73. The van der Waals surface area contributed by atoms with Gasteiger partial charge in [0.15, 0.2) is 5.65 Å². The molecule has 3 heterocycles. The smallest absolute Gasteiger partial charge is 0.356 e. The molecule has 128 valence electrons. The highest BCUT2D eigenvalue weighted by molar-refractivity contribution is 5.52. The molecule has 2 atom stereocenters. The Hall–Kier alpha value is -2.42. The molecule has 0 radical (unpaired) electrons. The van der Waals surface area contributed by atoms with E-state index in [9.17, 15) is 14.7 Å². The van der Waals surface area contributed by atoms with E-state index in [2.05, 4.69) is 9.97 Å². The molecule has 1 aliphatic heterocycles. The van der Waals surface area contributed by atoms with Gasteiger partial charge in [0.05, 0.1) is 11.7 Å². The van der Waals surface area contributed by atoms with Crippen LogP contribution in [0.3, 0.4) is 0 Å². The molecule has 4 rings (SSSR count). The predicted octanol–water partition coefficient (Wildman–Crippen LogP) is -0.950. The molecular formula is C15H20N6O3. The van der Waals surface area contributed by atoms with Gasteiger partial charge in [-0.25, -0.2) is 14.2 Å². The van der Waals surface area contributed by atoms with Crippen LogP contribution in [0.15, 0.2) is 15.9 Å². The summed E-state index contributed by atoms with van der Waals surface area (Å²) in [5.74, 6) is 6.36. The second kappa shape index (κ2) is 5.30. The zero-order valence-electron chi connectivity index (χ0n) is 13.4. The summed E-state index contributed by atoms with van der Waals surface area (Å²) >= 11 is 0. The molecule has 9 nitrogen and oxygen atoms in total. The van der Waals surface area contributed by atoms with Crippen molar-refractivity contribution >= 4 is 11.6 Å². The van der Waals surface area contributed by atoms with E-state index in [1.807, 2.05) is 4.90 Å². The Bertz CT molecular complexity index is 914. The third-order valence-electron chi connectivity index (χ3n) is 5.00. The van der Waals surface area contributed by atoms with Gasteiger partial charge in [0, 0.05) is 19.0 Å². The zero-order valence-corrected chi connectivity index (χ0v) is 13.4. The molecule has 9 heteroatoms. The number of rotatable bonds is 3. The molecule has 2 aromatic heterocycles. The summed E-state index contributed by atoms with van der Waals surface area (Å²) in [5.41, 5.74) is -0.281. The number of nitrogens with zero attached hydrogens (tertiary/aromatic N) is 5. The van der Waals surface area contributed by atoms with Crippen LogP contribution in [0.5, 0.6) is 0 Å². The number of hydrogen-bond donors (Lipinski definition) is 2. The summed E-state index contributed by atoms with van der Waals surface area (Å²) in [7, 11) is 0. The fraction of sp³-hybridized carbons (Fsp3) is 0.600. The lowest BCUT2D eigenvalue weighted by Gasteiger charge is -2.18. The van der Waals surface area contributed by atoms with Crippen molar-refractivity contribution in [2.45, 2.75) is 38.2 Å². The van der Waals surface area contributed by atoms with E-state index in [-0.39, 0.29) is 17.9 Å². The highest BCUT2D eigenvalue weighted by Crippen LogP contribution is 2.39. The van der Waals surface area contributed by atoms with Crippen LogP contribution in [0.2, 0.25) is 0 Å². The first-order valence-electron chi connectivity index (χ1n) is 8.19. The van der Waals surface area contributed by atoms with Crippen molar-refractivity contribution in [2.24, 2.45) is 5.92 Å². The van der Waals surface area contributed by atoms with Crippen molar-refractivity contribution in [1.29, 1.82) is 0 Å². The summed E-state index contributed by atoms with van der Waals surface area (Å²) in [6.45, 7) is 3.18. The highest BCUT2D eigenvalue weighted by Gasteiger charge is 2.32. The van der Waals surface area contributed by atoms with Crippen molar-refractivity contribution in [3.63, 3.8) is 0 Å². The Morgan fingerprint density at radius 3 is 2.71 bits per heavy atom. The van der Waals surface area contributed by atoms with Crippen molar-refractivity contribution in [1.82, 2.24) is 19.0 Å². The maximum absolute atomic E-state index is 12.4. The lowest BCUT2D eigenvalue weighted by molar-refractivity contribution is 0.136. The first-order chi connectivity index (χ1) is 11.5. The molecule has 1 saturated carbocycles. The molecular weight excluding hydrogens is 312 g/mol. The number of nitrogen functional groups attached to an aromatic ring is 1. The van der Waals surface area contributed by atoms with Gasteiger partial charge < -0.3 is 15.8 Å². The van der Waals surface area contributed by atoms with E-state index in [1.54, 1.807) is 6.92 Å². The predicted molar refractivity (Wildman–Crippen MR) is 87.6 cm³/mol. The quantitative estimate of drug-likeness (QED) is 0.696. The van der Waals surface area contributed by atoms with Crippen LogP contribution in [0, 0.1) is 5.92 Å². The van der Waals surface area contributed by atoms with Gasteiger partial charge in [0.1, 0.15) is 6.33 Å². The van der Waals surface area contributed by atoms with Crippen LogP contribution in [-0.4, -0.2) is 43.3 Å². The fourth-order valence-electron chi connectivity index (χ4n) is 3.34. The Balaban J connectivity index is 1.84. The molecule has 1 unspecified atom stereocenters. The third kappa shape index (κ3) is 2.27. The number of nitrogens with two attached hydrogens (primary N) is 1. The highest BCUT2D eigenvalue weighted by atomic mass is 16.3. The number of anilines is 1. The van der Waals surface area contributed by atoms with Crippen molar-refractivity contribution < 1.29 is 5.11 Å². The molecule has 2 aliphatic rings. The minimum absolute atomic E-state index is 0.106. The minimum atomic E-state index is -0.644. The number of aliphatic hydroxyl groups excluding tert-OH is 1. The van der Waals surface area contributed by atoms with Crippen LogP contribution in [0.4, 0.5) is 5.95 Å². The van der Waals surface area contributed by atoms with E-state index in [0.717, 1.165) is 25.8 Å². The molecule has 2 aromatic rings. The largest absolute Gasteiger partial charge is 0.393 e. The van der Waals surface area contributed by atoms with Crippen LogP contribution >= 0.6 is 0 Å². The van der Waals surface area contributed by atoms with Gasteiger partial charge in [-0.1, -0.05) is 0 Å². The molecule has 3 N–H and O–H groups in total. The first kappa shape index (κ1) is 15.1. The average Bonchev–Trinajstić information content (AvgIpc) is 3.26. The normalized spacial score (nSPS) is 22.2. The van der Waals surface area contributed by atoms with Crippen molar-refractivity contribution in [2.75, 3.05) is 23.8 Å². The summed E-state index contributed by atoms with van der Waals surface area (Å²) in [6, 6.07) is 0. The maximum atomic E-state index is 12.4. The standard InChI is InChI=1S/C15H20N6O3/c1-8(22)10-4-5-19(6-10)14-17-7-20-12(18-14)11(9-2-3-9)13(23)21(16)15(20)24/h7-10,22H,2-6,16H2,1H3/t8-,10?/m0/s1. The molecule has 1 saturated heterocycles. The summed E-state index contributed by atoms with van der Waals surface area (Å²) < 4.78 is 1.86. The summed E-state index contributed by atoms with van der Waals surface area (Å²) in [6.07, 6.45) is 3.65. The van der Waals surface area contributed by atoms with Gasteiger partial charge in [-0.2, -0.15) is 9.66 Å². The monoisotopic (exact) mass is 332 g/mol. The van der Waals surface area contributed by atoms with E-state index in [1.165, 1.54) is 10.7 Å². The molecule has 0 amide bonds. The van der Waals surface area contributed by atoms with Gasteiger partial charge in [0.2, 0.25) is 5.95 Å². The van der Waals surface area contributed by atoms with Gasteiger partial charge in [0.25, 0.3) is 5.56 Å². The van der Waals surface area contributed by atoms with Crippen molar-refractivity contribution in [3.8, 4) is 0 Å². The molecule has 1 aliphatic carbocycles. The molecule has 24 heavy (non-hydrogen) atoms. The molecule has 0 bridgehead atoms. The first-order valence-corrected chi connectivity index (χ1v) is 8.19. The fourth-order valence-corrected chi connectivity index (χ4v) is 3.34. The van der Waals surface area contributed by atoms with Gasteiger partial charge in [-0.15, -0.1) is 0 Å². The van der Waals surface area contributed by atoms with E-state index < -0.39 is 11.2 Å². The molecule has 2 fully saturated rings. The SMILES string of the molecule is C[C@H](O)C1CCN(c2ncn3c(=O)n(N)c(=O)c(C4CC4)c3n2)C1. The maximum Gasteiger partial charge on any atom is 0.356 e.